The first-order valence-corrected chi connectivity index (χ1v) is 8.01. The molecule has 0 saturated heterocycles. The molecule has 4 heteroatoms. The average Bonchev–Trinajstić information content (AvgIpc) is 3.26. The van der Waals surface area contributed by atoms with E-state index in [4.69, 9.17) is 5.26 Å². The highest BCUT2D eigenvalue weighted by Crippen LogP contribution is 2.28. The fourth-order valence-electron chi connectivity index (χ4n) is 3.20. The first kappa shape index (κ1) is 14.4. The Bertz CT molecular complexity index is 960. The maximum absolute atomic E-state index is 9.09. The zero-order valence-electron chi connectivity index (χ0n) is 13.2. The number of aromatic amines is 1. The molecule has 0 atom stereocenters. The van der Waals surface area contributed by atoms with Crippen LogP contribution in [0.3, 0.4) is 0 Å². The van der Waals surface area contributed by atoms with Gasteiger partial charge in [0.25, 0.3) is 0 Å². The molecule has 2 aromatic carbocycles. The number of H-pyrrole nitrogens is 1. The fourth-order valence-corrected chi connectivity index (χ4v) is 3.20. The van der Waals surface area contributed by atoms with Crippen LogP contribution in [-0.2, 0) is 12.8 Å². The fraction of sp³-hybridized carbons (Fsp3) is 0.150. The van der Waals surface area contributed by atoms with E-state index in [9.17, 15) is 0 Å². The molecule has 1 aliphatic rings. The summed E-state index contributed by atoms with van der Waals surface area (Å²) >= 11 is 0. The van der Waals surface area contributed by atoms with Crippen LogP contribution >= 0.6 is 0 Å². The molecule has 1 aliphatic carbocycles. The summed E-state index contributed by atoms with van der Waals surface area (Å²) in [4.78, 5) is 0. The van der Waals surface area contributed by atoms with E-state index in [-0.39, 0.29) is 0 Å². The van der Waals surface area contributed by atoms with E-state index < -0.39 is 0 Å². The highest BCUT2D eigenvalue weighted by atomic mass is 15.3. The Hall–Kier alpha value is -3.19. The van der Waals surface area contributed by atoms with Crippen molar-refractivity contribution in [1.29, 1.82) is 5.26 Å². The van der Waals surface area contributed by atoms with Crippen molar-refractivity contribution in [2.24, 2.45) is 0 Å². The first-order chi connectivity index (χ1) is 11.8. The number of nitriles is 1. The molecule has 0 saturated carbocycles. The van der Waals surface area contributed by atoms with E-state index in [1.807, 2.05) is 12.1 Å². The van der Waals surface area contributed by atoms with Crippen molar-refractivity contribution in [2.75, 3.05) is 0 Å². The van der Waals surface area contributed by atoms with E-state index in [2.05, 4.69) is 64.0 Å². The molecule has 0 unspecified atom stereocenters. The van der Waals surface area contributed by atoms with E-state index in [1.54, 1.807) is 0 Å². The number of aryl methyl sites for hydroxylation is 1. The summed E-state index contributed by atoms with van der Waals surface area (Å²) in [6, 6.07) is 18.8. The minimum absolute atomic E-state index is 0.334. The zero-order chi connectivity index (χ0) is 16.4. The Kier molecular flexibility index (Phi) is 3.68. The summed E-state index contributed by atoms with van der Waals surface area (Å²) in [6.45, 7) is 0. The quantitative estimate of drug-likeness (QED) is 0.794. The summed E-state index contributed by atoms with van der Waals surface area (Å²) in [5, 5.41) is 19.6. The van der Waals surface area contributed by atoms with Crippen molar-refractivity contribution in [3.05, 3.63) is 76.5 Å². The van der Waals surface area contributed by atoms with Crippen molar-refractivity contribution in [2.45, 2.75) is 19.3 Å². The van der Waals surface area contributed by atoms with Gasteiger partial charge in [0.15, 0.2) is 5.69 Å². The van der Waals surface area contributed by atoms with Gasteiger partial charge in [-0.1, -0.05) is 54.1 Å². The van der Waals surface area contributed by atoms with Crippen molar-refractivity contribution in [1.82, 2.24) is 15.4 Å². The SMILES string of the molecule is N#Cc1n[nH]nc1-c1cccc(CCC2=Cc3ccccc3C2)c1. The van der Waals surface area contributed by atoms with E-state index >= 15 is 0 Å². The number of benzene rings is 2. The van der Waals surface area contributed by atoms with Crippen molar-refractivity contribution < 1.29 is 0 Å². The summed E-state index contributed by atoms with van der Waals surface area (Å²) in [5.74, 6) is 0. The van der Waals surface area contributed by atoms with Gasteiger partial charge in [-0.15, -0.1) is 5.10 Å². The van der Waals surface area contributed by atoms with Crippen LogP contribution in [0, 0.1) is 11.3 Å². The second-order valence-electron chi connectivity index (χ2n) is 6.01. The van der Waals surface area contributed by atoms with Gasteiger partial charge in [-0.25, -0.2) is 0 Å². The molecule has 1 N–H and O–H groups in total. The lowest BCUT2D eigenvalue weighted by molar-refractivity contribution is 0.917. The predicted octanol–water partition coefficient (Wildman–Crippen LogP) is 3.92. The minimum atomic E-state index is 0.334. The molecule has 1 heterocycles. The van der Waals surface area contributed by atoms with Crippen LogP contribution in [0.1, 0.15) is 28.8 Å². The number of fused-ring (bicyclic) bond motifs is 1. The molecule has 0 radical (unpaired) electrons. The monoisotopic (exact) mass is 312 g/mol. The highest BCUT2D eigenvalue weighted by Gasteiger charge is 2.13. The molecular weight excluding hydrogens is 296 g/mol. The summed E-state index contributed by atoms with van der Waals surface area (Å²) in [7, 11) is 0. The molecule has 0 amide bonds. The number of allylic oxidation sites excluding steroid dienone is 1. The Balaban J connectivity index is 1.49. The van der Waals surface area contributed by atoms with E-state index in [1.165, 1.54) is 22.3 Å². The van der Waals surface area contributed by atoms with Gasteiger partial charge in [0.05, 0.1) is 0 Å². The van der Waals surface area contributed by atoms with Gasteiger partial charge < -0.3 is 0 Å². The standard InChI is InChI=1S/C20H16N4/c21-13-19-20(23-24-22-19)18-7-3-4-14(10-18)8-9-15-11-16-5-1-2-6-17(16)12-15/h1-7,10-11H,8-9,12H2,(H,22,23,24). The minimum Gasteiger partial charge on any atom is -0.196 e. The third kappa shape index (κ3) is 2.72. The van der Waals surface area contributed by atoms with Gasteiger partial charge in [-0.05, 0) is 42.0 Å². The van der Waals surface area contributed by atoms with Crippen LogP contribution in [0.4, 0.5) is 0 Å². The van der Waals surface area contributed by atoms with Gasteiger partial charge in [0.2, 0.25) is 0 Å². The molecule has 4 rings (SSSR count). The Morgan fingerprint density at radius 1 is 1.04 bits per heavy atom. The maximum atomic E-state index is 9.09. The Morgan fingerprint density at radius 2 is 1.96 bits per heavy atom. The lowest BCUT2D eigenvalue weighted by atomic mass is 10.00. The lowest BCUT2D eigenvalue weighted by Crippen LogP contribution is -1.91. The molecule has 4 nitrogen and oxygen atoms in total. The predicted molar refractivity (Wildman–Crippen MR) is 93.0 cm³/mol. The Morgan fingerprint density at radius 3 is 2.83 bits per heavy atom. The van der Waals surface area contributed by atoms with Crippen LogP contribution in [-0.4, -0.2) is 15.4 Å². The smallest absolute Gasteiger partial charge is 0.190 e. The second kappa shape index (κ2) is 6.13. The van der Waals surface area contributed by atoms with Crippen LogP contribution in [0.25, 0.3) is 17.3 Å². The van der Waals surface area contributed by atoms with Gasteiger partial charge >= 0.3 is 0 Å². The Labute approximate surface area is 140 Å². The maximum Gasteiger partial charge on any atom is 0.190 e. The number of aromatic nitrogens is 3. The second-order valence-corrected chi connectivity index (χ2v) is 6.01. The number of rotatable bonds is 4. The summed E-state index contributed by atoms with van der Waals surface area (Å²) in [6.07, 6.45) is 5.39. The third-order valence-electron chi connectivity index (χ3n) is 4.42. The zero-order valence-corrected chi connectivity index (χ0v) is 13.2. The molecule has 24 heavy (non-hydrogen) atoms. The van der Waals surface area contributed by atoms with Crippen LogP contribution in [0.15, 0.2) is 54.1 Å². The van der Waals surface area contributed by atoms with E-state index in [0.717, 1.165) is 24.8 Å². The van der Waals surface area contributed by atoms with Crippen LogP contribution in [0.2, 0.25) is 0 Å². The number of hydrogen-bond acceptors (Lipinski definition) is 3. The largest absolute Gasteiger partial charge is 0.196 e. The molecule has 0 spiro atoms. The number of nitrogens with one attached hydrogen (secondary N) is 1. The summed E-state index contributed by atoms with van der Waals surface area (Å²) in [5.41, 5.74) is 7.37. The molecule has 0 fully saturated rings. The molecule has 116 valence electrons. The van der Waals surface area contributed by atoms with Gasteiger partial charge in [0, 0.05) is 5.56 Å². The highest BCUT2D eigenvalue weighted by molar-refractivity contribution is 5.65. The van der Waals surface area contributed by atoms with Gasteiger partial charge in [0.1, 0.15) is 11.8 Å². The van der Waals surface area contributed by atoms with Gasteiger partial charge in [-0.2, -0.15) is 15.6 Å². The first-order valence-electron chi connectivity index (χ1n) is 8.01. The third-order valence-corrected chi connectivity index (χ3v) is 4.42. The average molecular weight is 312 g/mol. The molecular formula is C20H16N4. The normalized spacial score (nSPS) is 12.5. The molecule has 0 bridgehead atoms. The molecule has 3 aromatic rings. The number of nitrogens with zero attached hydrogens (tertiary/aromatic N) is 3. The van der Waals surface area contributed by atoms with E-state index in [0.29, 0.717) is 11.4 Å². The van der Waals surface area contributed by atoms with Crippen molar-refractivity contribution in [3.8, 4) is 17.3 Å². The lowest BCUT2D eigenvalue weighted by Gasteiger charge is -2.05. The van der Waals surface area contributed by atoms with Crippen molar-refractivity contribution in [3.63, 3.8) is 0 Å². The molecule has 1 aromatic heterocycles. The van der Waals surface area contributed by atoms with Crippen molar-refractivity contribution >= 4 is 6.08 Å². The topological polar surface area (TPSA) is 65.4 Å². The van der Waals surface area contributed by atoms with Crippen LogP contribution < -0.4 is 0 Å². The molecule has 0 aliphatic heterocycles. The number of hydrogen-bond donors (Lipinski definition) is 1. The van der Waals surface area contributed by atoms with Crippen LogP contribution in [0.5, 0.6) is 0 Å². The van der Waals surface area contributed by atoms with Gasteiger partial charge in [-0.3, -0.25) is 0 Å². The summed E-state index contributed by atoms with van der Waals surface area (Å²) < 4.78 is 0.